The van der Waals surface area contributed by atoms with Crippen molar-refractivity contribution in [3.63, 3.8) is 0 Å². The van der Waals surface area contributed by atoms with Crippen molar-refractivity contribution >= 4 is 17.2 Å². The summed E-state index contributed by atoms with van der Waals surface area (Å²) >= 11 is 1.70. The van der Waals surface area contributed by atoms with Crippen molar-refractivity contribution in [3.8, 4) is 11.4 Å². The first-order valence-corrected chi connectivity index (χ1v) is 10.2. The fourth-order valence-corrected chi connectivity index (χ4v) is 5.51. The molecule has 0 radical (unpaired) electrons. The number of amides is 1. The number of H-pyrrole nitrogens is 1. The molecular formula is C21H22N4OS. The fourth-order valence-electron chi connectivity index (χ4n) is 4.41. The van der Waals surface area contributed by atoms with Crippen LogP contribution in [0.1, 0.15) is 36.5 Å². The number of nitrogens with one attached hydrogen (secondary N) is 1. The van der Waals surface area contributed by atoms with Crippen molar-refractivity contribution < 1.29 is 4.79 Å². The Hall–Kier alpha value is -2.47. The summed E-state index contributed by atoms with van der Waals surface area (Å²) in [6.45, 7) is 5.74. The molecule has 1 atom stereocenters. The highest BCUT2D eigenvalue weighted by molar-refractivity contribution is 7.10. The summed E-state index contributed by atoms with van der Waals surface area (Å²) in [4.78, 5) is 29.1. The van der Waals surface area contributed by atoms with E-state index in [1.54, 1.807) is 17.5 Å². The van der Waals surface area contributed by atoms with Crippen molar-refractivity contribution in [2.45, 2.75) is 38.6 Å². The van der Waals surface area contributed by atoms with Gasteiger partial charge in [-0.15, -0.1) is 11.3 Å². The smallest absolute Gasteiger partial charge is 0.234 e. The summed E-state index contributed by atoms with van der Waals surface area (Å²) < 4.78 is 0. The van der Waals surface area contributed by atoms with Gasteiger partial charge in [0.2, 0.25) is 5.91 Å². The van der Waals surface area contributed by atoms with E-state index in [-0.39, 0.29) is 16.7 Å². The fraction of sp³-hybridized carbons (Fsp3) is 0.381. The number of carbonyl (C=O) groups is 1. The van der Waals surface area contributed by atoms with E-state index in [4.69, 9.17) is 4.98 Å². The molecule has 1 aliphatic carbocycles. The maximum absolute atomic E-state index is 13.6. The molecule has 0 spiro atoms. The Morgan fingerprint density at radius 1 is 1.30 bits per heavy atom. The summed E-state index contributed by atoms with van der Waals surface area (Å²) in [5.41, 5.74) is 2.75. The van der Waals surface area contributed by atoms with Gasteiger partial charge in [0.25, 0.3) is 0 Å². The van der Waals surface area contributed by atoms with Crippen molar-refractivity contribution in [3.05, 3.63) is 58.3 Å². The van der Waals surface area contributed by atoms with Gasteiger partial charge in [0.05, 0.1) is 23.3 Å². The molecule has 6 heteroatoms. The number of rotatable bonds is 3. The number of thiophene rings is 1. The molecule has 4 heterocycles. The van der Waals surface area contributed by atoms with Gasteiger partial charge in [0.15, 0.2) is 0 Å². The van der Waals surface area contributed by atoms with Crippen molar-refractivity contribution in [2.75, 3.05) is 6.54 Å². The minimum Gasteiger partial charge on any atom is -0.340 e. The topological polar surface area (TPSA) is 61.9 Å². The number of nitrogens with zero attached hydrogens (tertiary/aromatic N) is 3. The molecule has 5 nitrogen and oxygen atoms in total. The molecule has 1 fully saturated rings. The number of hydrogen-bond acceptors (Lipinski definition) is 4. The zero-order valence-electron chi connectivity index (χ0n) is 15.5. The van der Waals surface area contributed by atoms with Crippen LogP contribution in [0.5, 0.6) is 0 Å². The number of aromatic amines is 1. The lowest BCUT2D eigenvalue weighted by molar-refractivity contribution is -0.135. The average molecular weight is 379 g/mol. The van der Waals surface area contributed by atoms with E-state index < -0.39 is 0 Å². The third-order valence-corrected chi connectivity index (χ3v) is 7.13. The molecule has 1 N–H and O–H groups in total. The maximum Gasteiger partial charge on any atom is 0.234 e. The minimum atomic E-state index is -0.356. The number of imidazole rings is 1. The maximum atomic E-state index is 13.6. The molecule has 5 rings (SSSR count). The van der Waals surface area contributed by atoms with Gasteiger partial charge >= 0.3 is 0 Å². The van der Waals surface area contributed by atoms with E-state index in [0.29, 0.717) is 6.54 Å². The Morgan fingerprint density at radius 3 is 2.81 bits per heavy atom. The molecule has 3 aromatic rings. The summed E-state index contributed by atoms with van der Waals surface area (Å²) in [5.74, 6) is 1.10. The third-order valence-electron chi connectivity index (χ3n) is 6.10. The zero-order chi connectivity index (χ0) is 18.6. The molecule has 3 aromatic heterocycles. The molecule has 2 aliphatic rings. The summed E-state index contributed by atoms with van der Waals surface area (Å²) in [6, 6.07) is 8.07. The van der Waals surface area contributed by atoms with E-state index in [9.17, 15) is 4.79 Å². The highest BCUT2D eigenvalue weighted by Crippen LogP contribution is 2.66. The van der Waals surface area contributed by atoms with Crippen LogP contribution in [0.3, 0.4) is 0 Å². The van der Waals surface area contributed by atoms with Crippen molar-refractivity contribution in [2.24, 2.45) is 5.41 Å². The van der Waals surface area contributed by atoms with Gasteiger partial charge in [-0.1, -0.05) is 19.9 Å². The van der Waals surface area contributed by atoms with Crippen LogP contribution in [0.2, 0.25) is 0 Å². The van der Waals surface area contributed by atoms with E-state index in [2.05, 4.69) is 35.3 Å². The second-order valence-corrected chi connectivity index (χ2v) is 9.12. The number of hydrogen-bond donors (Lipinski definition) is 1. The summed E-state index contributed by atoms with van der Waals surface area (Å²) in [6.07, 6.45) is 5.28. The second-order valence-electron chi connectivity index (χ2n) is 8.17. The highest BCUT2D eigenvalue weighted by atomic mass is 32.1. The first-order chi connectivity index (χ1) is 13.0. The van der Waals surface area contributed by atoms with Gasteiger partial charge in [0.1, 0.15) is 5.82 Å². The van der Waals surface area contributed by atoms with E-state index in [0.717, 1.165) is 42.2 Å². The van der Waals surface area contributed by atoms with Crippen LogP contribution in [0.4, 0.5) is 0 Å². The monoisotopic (exact) mass is 378 g/mol. The van der Waals surface area contributed by atoms with Gasteiger partial charge in [-0.2, -0.15) is 0 Å². The molecule has 1 amide bonds. The molecule has 138 valence electrons. The lowest BCUT2D eigenvalue weighted by atomic mass is 9.91. The lowest BCUT2D eigenvalue weighted by Crippen LogP contribution is -2.43. The number of pyridine rings is 1. The Kier molecular flexibility index (Phi) is 3.56. The average Bonchev–Trinajstić information content (AvgIpc) is 3.12. The Labute approximate surface area is 162 Å². The van der Waals surface area contributed by atoms with Crippen molar-refractivity contribution in [1.82, 2.24) is 19.9 Å². The third kappa shape index (κ3) is 2.46. The van der Waals surface area contributed by atoms with Gasteiger partial charge in [-0.05, 0) is 35.4 Å². The molecular weight excluding hydrogens is 356 g/mol. The van der Waals surface area contributed by atoms with E-state index >= 15 is 0 Å². The molecule has 27 heavy (non-hydrogen) atoms. The normalized spacial score (nSPS) is 23.1. The van der Waals surface area contributed by atoms with Crippen LogP contribution in [0.25, 0.3) is 11.4 Å². The van der Waals surface area contributed by atoms with Gasteiger partial charge in [-0.3, -0.25) is 9.78 Å². The lowest BCUT2D eigenvalue weighted by Gasteiger charge is -2.31. The van der Waals surface area contributed by atoms with Crippen LogP contribution in [-0.2, 0) is 23.2 Å². The molecule has 0 bridgehead atoms. The SMILES string of the molecule is CC1(C)CC1(C(=O)N1CCc2nc(-c3cccnc3)[nH]c2C1)c1cccs1. The summed E-state index contributed by atoms with van der Waals surface area (Å²) in [7, 11) is 0. The molecule has 0 aromatic carbocycles. The van der Waals surface area contributed by atoms with Crippen molar-refractivity contribution in [1.29, 1.82) is 0 Å². The zero-order valence-corrected chi connectivity index (χ0v) is 16.3. The largest absolute Gasteiger partial charge is 0.340 e. The number of carbonyl (C=O) groups excluding carboxylic acids is 1. The van der Waals surface area contributed by atoms with Gasteiger partial charge in [0, 0.05) is 35.8 Å². The van der Waals surface area contributed by atoms with Crippen LogP contribution in [0, 0.1) is 5.41 Å². The van der Waals surface area contributed by atoms with Crippen LogP contribution in [0.15, 0.2) is 42.0 Å². The first-order valence-electron chi connectivity index (χ1n) is 9.33. The Bertz CT molecular complexity index is 993. The molecule has 1 aliphatic heterocycles. The summed E-state index contributed by atoms with van der Waals surface area (Å²) in [5, 5.41) is 2.07. The van der Waals surface area contributed by atoms with E-state index in [1.165, 1.54) is 4.88 Å². The minimum absolute atomic E-state index is 0.0179. The predicted molar refractivity (Wildman–Crippen MR) is 105 cm³/mol. The van der Waals surface area contributed by atoms with Crippen LogP contribution >= 0.6 is 11.3 Å². The Balaban J connectivity index is 1.43. The second kappa shape index (κ2) is 5.76. The molecule has 1 saturated carbocycles. The first kappa shape index (κ1) is 16.7. The Morgan fingerprint density at radius 2 is 2.15 bits per heavy atom. The van der Waals surface area contributed by atoms with Crippen LogP contribution < -0.4 is 0 Å². The van der Waals surface area contributed by atoms with E-state index in [1.807, 2.05) is 29.3 Å². The van der Waals surface area contributed by atoms with Gasteiger partial charge in [-0.25, -0.2) is 4.98 Å². The van der Waals surface area contributed by atoms with Gasteiger partial charge < -0.3 is 9.88 Å². The number of aromatic nitrogens is 3. The standard InChI is InChI=1S/C21H22N4OS/c1-20(2)13-21(20,17-6-4-10-27-17)19(26)25-9-7-15-16(12-25)24-18(23-15)14-5-3-8-22-11-14/h3-6,8,10-11H,7,9,12-13H2,1-2H3,(H,23,24). The molecule has 1 unspecified atom stereocenters. The quantitative estimate of drug-likeness (QED) is 0.754. The number of fused-ring (bicyclic) bond motifs is 1. The predicted octanol–water partition coefficient (Wildman–Crippen LogP) is 3.79. The van der Waals surface area contributed by atoms with Crippen LogP contribution in [-0.4, -0.2) is 32.3 Å². The highest BCUT2D eigenvalue weighted by Gasteiger charge is 2.68. The molecule has 0 saturated heterocycles.